The van der Waals surface area contributed by atoms with Crippen LogP contribution in [0.4, 0.5) is 0 Å². The molecule has 25 heavy (non-hydrogen) atoms. The maximum Gasteiger partial charge on any atom is 0.260 e. The summed E-state index contributed by atoms with van der Waals surface area (Å²) in [4.78, 5) is 14.6. The molecular formula is C21H34N2O2. The number of amides is 1. The Kier molecular flexibility index (Phi) is 7.30. The molecule has 4 nitrogen and oxygen atoms in total. The number of rotatable bonds is 7. The van der Waals surface area contributed by atoms with E-state index in [1.54, 1.807) is 0 Å². The Labute approximate surface area is 152 Å². The average molecular weight is 347 g/mol. The second-order valence-corrected chi connectivity index (χ2v) is 7.76. The SMILES string of the molecule is Cc1cc(OC(C)C(=O)NCCC2CCN(C)CC2)ccc1C(C)C. The van der Waals surface area contributed by atoms with Gasteiger partial charge in [-0.3, -0.25) is 4.79 Å². The van der Waals surface area contributed by atoms with Gasteiger partial charge in [0.25, 0.3) is 5.91 Å². The molecule has 4 heteroatoms. The van der Waals surface area contributed by atoms with Gasteiger partial charge in [0.05, 0.1) is 0 Å². The molecule has 1 amide bonds. The van der Waals surface area contributed by atoms with Crippen LogP contribution in [0.5, 0.6) is 5.75 Å². The van der Waals surface area contributed by atoms with Gasteiger partial charge in [0.15, 0.2) is 6.10 Å². The number of hydrogen-bond acceptors (Lipinski definition) is 3. The van der Waals surface area contributed by atoms with E-state index in [9.17, 15) is 4.79 Å². The van der Waals surface area contributed by atoms with Crippen molar-refractivity contribution in [1.29, 1.82) is 0 Å². The first-order valence-corrected chi connectivity index (χ1v) is 9.60. The van der Waals surface area contributed by atoms with Crippen LogP contribution in [0, 0.1) is 12.8 Å². The fourth-order valence-electron chi connectivity index (χ4n) is 3.52. The first kappa shape index (κ1) is 19.8. The minimum Gasteiger partial charge on any atom is -0.481 e. The number of benzene rings is 1. The molecule has 0 aliphatic carbocycles. The van der Waals surface area contributed by atoms with Gasteiger partial charge >= 0.3 is 0 Å². The molecule has 1 heterocycles. The molecule has 1 N–H and O–H groups in total. The number of piperidine rings is 1. The topological polar surface area (TPSA) is 41.6 Å². The number of ether oxygens (including phenoxy) is 1. The lowest BCUT2D eigenvalue weighted by Gasteiger charge is -2.29. The van der Waals surface area contributed by atoms with Crippen LogP contribution in [0.3, 0.4) is 0 Å². The Morgan fingerprint density at radius 1 is 1.28 bits per heavy atom. The van der Waals surface area contributed by atoms with Crippen molar-refractivity contribution in [3.8, 4) is 5.75 Å². The summed E-state index contributed by atoms with van der Waals surface area (Å²) in [6.45, 7) is 11.4. The van der Waals surface area contributed by atoms with E-state index in [1.807, 2.05) is 19.1 Å². The van der Waals surface area contributed by atoms with Crippen molar-refractivity contribution >= 4 is 5.91 Å². The normalized spacial score (nSPS) is 17.5. The number of nitrogens with zero attached hydrogens (tertiary/aromatic N) is 1. The van der Waals surface area contributed by atoms with Gasteiger partial charge in [-0.25, -0.2) is 0 Å². The van der Waals surface area contributed by atoms with E-state index in [0.29, 0.717) is 5.92 Å². The Hall–Kier alpha value is -1.55. The van der Waals surface area contributed by atoms with Gasteiger partial charge < -0.3 is 15.0 Å². The number of aryl methyl sites for hydroxylation is 1. The Bertz CT molecular complexity index is 563. The van der Waals surface area contributed by atoms with E-state index in [2.05, 4.69) is 44.1 Å². The molecule has 1 saturated heterocycles. The molecule has 140 valence electrons. The Balaban J connectivity index is 1.75. The molecule has 0 bridgehead atoms. The van der Waals surface area contributed by atoms with Crippen molar-refractivity contribution in [1.82, 2.24) is 10.2 Å². The zero-order valence-electron chi connectivity index (χ0n) is 16.5. The molecule has 1 aromatic rings. The summed E-state index contributed by atoms with van der Waals surface area (Å²) in [7, 11) is 2.17. The molecule has 1 unspecified atom stereocenters. The third kappa shape index (κ3) is 6.03. The molecule has 1 aliphatic heterocycles. The minimum absolute atomic E-state index is 0.0292. The molecule has 1 fully saturated rings. The molecule has 1 atom stereocenters. The summed E-state index contributed by atoms with van der Waals surface area (Å²) >= 11 is 0. The predicted octanol–water partition coefficient (Wildman–Crippen LogP) is 3.73. The highest BCUT2D eigenvalue weighted by Crippen LogP contribution is 2.24. The quantitative estimate of drug-likeness (QED) is 0.818. The van der Waals surface area contributed by atoms with Crippen LogP contribution in [0.2, 0.25) is 0 Å². The predicted molar refractivity (Wildman–Crippen MR) is 103 cm³/mol. The second kappa shape index (κ2) is 9.23. The lowest BCUT2D eigenvalue weighted by molar-refractivity contribution is -0.127. The third-order valence-electron chi connectivity index (χ3n) is 5.24. The van der Waals surface area contributed by atoms with E-state index in [4.69, 9.17) is 4.74 Å². The fraction of sp³-hybridized carbons (Fsp3) is 0.667. The summed E-state index contributed by atoms with van der Waals surface area (Å²) in [5.74, 6) is 1.96. The molecule has 0 radical (unpaired) electrons. The van der Waals surface area contributed by atoms with Crippen LogP contribution in [-0.2, 0) is 4.79 Å². The summed E-state index contributed by atoms with van der Waals surface area (Å²) in [5, 5.41) is 3.03. The molecule has 0 saturated carbocycles. The van der Waals surface area contributed by atoms with E-state index >= 15 is 0 Å². The lowest BCUT2D eigenvalue weighted by Crippen LogP contribution is -2.38. The lowest BCUT2D eigenvalue weighted by atomic mass is 9.94. The van der Waals surface area contributed by atoms with Crippen molar-refractivity contribution < 1.29 is 9.53 Å². The molecule has 1 aromatic carbocycles. The van der Waals surface area contributed by atoms with Crippen LogP contribution >= 0.6 is 0 Å². The van der Waals surface area contributed by atoms with Crippen LogP contribution in [0.1, 0.15) is 57.1 Å². The summed E-state index contributed by atoms with van der Waals surface area (Å²) in [6.07, 6.45) is 3.07. The maximum atomic E-state index is 12.3. The zero-order chi connectivity index (χ0) is 18.4. The monoisotopic (exact) mass is 346 g/mol. The van der Waals surface area contributed by atoms with Gasteiger partial charge in [-0.2, -0.15) is 0 Å². The van der Waals surface area contributed by atoms with Gasteiger partial charge in [-0.1, -0.05) is 19.9 Å². The molecule has 2 rings (SSSR count). The third-order valence-corrected chi connectivity index (χ3v) is 5.24. The Morgan fingerprint density at radius 3 is 2.56 bits per heavy atom. The van der Waals surface area contributed by atoms with Gasteiger partial charge in [-0.05, 0) is 88.3 Å². The standard InChI is InChI=1S/C21H34N2O2/c1-15(2)20-7-6-19(14-16(20)3)25-17(4)21(24)22-11-8-18-9-12-23(5)13-10-18/h6-7,14-15,17-18H,8-13H2,1-5H3,(H,22,24). The van der Waals surface area contributed by atoms with E-state index in [-0.39, 0.29) is 5.91 Å². The summed E-state index contributed by atoms with van der Waals surface area (Å²) in [5.41, 5.74) is 2.53. The van der Waals surface area contributed by atoms with Gasteiger partial charge in [-0.15, -0.1) is 0 Å². The molecule has 1 aliphatic rings. The number of likely N-dealkylation sites (tertiary alicyclic amines) is 1. The summed E-state index contributed by atoms with van der Waals surface area (Å²) < 4.78 is 5.83. The zero-order valence-corrected chi connectivity index (χ0v) is 16.5. The average Bonchev–Trinajstić information content (AvgIpc) is 2.56. The first-order chi connectivity index (χ1) is 11.9. The fourth-order valence-corrected chi connectivity index (χ4v) is 3.52. The van der Waals surface area contributed by atoms with E-state index in [1.165, 1.54) is 37.1 Å². The van der Waals surface area contributed by atoms with Crippen LogP contribution < -0.4 is 10.1 Å². The highest BCUT2D eigenvalue weighted by atomic mass is 16.5. The molecule has 0 spiro atoms. The van der Waals surface area contributed by atoms with Crippen molar-refractivity contribution in [2.45, 2.75) is 59.0 Å². The van der Waals surface area contributed by atoms with Crippen LogP contribution in [0.15, 0.2) is 18.2 Å². The minimum atomic E-state index is -0.471. The number of hydrogen-bond donors (Lipinski definition) is 1. The first-order valence-electron chi connectivity index (χ1n) is 9.60. The second-order valence-electron chi connectivity index (χ2n) is 7.76. The maximum absolute atomic E-state index is 12.3. The smallest absolute Gasteiger partial charge is 0.260 e. The highest BCUT2D eigenvalue weighted by molar-refractivity contribution is 5.80. The van der Waals surface area contributed by atoms with Gasteiger partial charge in [0, 0.05) is 6.54 Å². The van der Waals surface area contributed by atoms with Crippen LogP contribution in [0.25, 0.3) is 0 Å². The van der Waals surface area contributed by atoms with Gasteiger partial charge in [0.2, 0.25) is 0 Å². The van der Waals surface area contributed by atoms with Crippen molar-refractivity contribution in [2.24, 2.45) is 5.92 Å². The van der Waals surface area contributed by atoms with Gasteiger partial charge in [0.1, 0.15) is 5.75 Å². The van der Waals surface area contributed by atoms with Crippen LogP contribution in [-0.4, -0.2) is 43.6 Å². The van der Waals surface area contributed by atoms with Crippen molar-refractivity contribution in [2.75, 3.05) is 26.7 Å². The highest BCUT2D eigenvalue weighted by Gasteiger charge is 2.18. The van der Waals surface area contributed by atoms with E-state index in [0.717, 1.165) is 24.6 Å². The number of carbonyl (C=O) groups is 1. The van der Waals surface area contributed by atoms with E-state index < -0.39 is 6.10 Å². The number of nitrogens with one attached hydrogen (secondary N) is 1. The summed E-state index contributed by atoms with van der Waals surface area (Å²) in [6, 6.07) is 6.09. The number of carbonyl (C=O) groups excluding carboxylic acids is 1. The van der Waals surface area contributed by atoms with Crippen molar-refractivity contribution in [3.05, 3.63) is 29.3 Å². The molecular weight excluding hydrogens is 312 g/mol. The Morgan fingerprint density at radius 2 is 1.96 bits per heavy atom. The molecule has 0 aromatic heterocycles. The van der Waals surface area contributed by atoms with Crippen molar-refractivity contribution in [3.63, 3.8) is 0 Å². The largest absolute Gasteiger partial charge is 0.481 e.